The maximum atomic E-state index is 5.60. The van der Waals surface area contributed by atoms with Gasteiger partial charge in [0.2, 0.25) is 5.28 Å². The molecule has 1 aromatic heterocycles. The molecule has 2 aromatic rings. The van der Waals surface area contributed by atoms with E-state index in [-0.39, 0.29) is 5.28 Å². The molecule has 0 fully saturated rings. The van der Waals surface area contributed by atoms with E-state index in [4.69, 9.17) is 19.4 Å². The molecule has 4 heteroatoms. The van der Waals surface area contributed by atoms with Crippen LogP contribution in [0.3, 0.4) is 0 Å². The van der Waals surface area contributed by atoms with Crippen LogP contribution in [0.25, 0.3) is 10.9 Å². The number of hydrogen-bond acceptors (Lipinski definition) is 2. The molecule has 0 amide bonds. The highest BCUT2D eigenvalue weighted by atomic mass is 35.5. The number of halogens is 1. The molecule has 56 valence electrons. The number of aromatic nitrogens is 2. The molecular formula is C8H4BClN2. The molecule has 2 radical (unpaired) electrons. The Hall–Kier alpha value is -1.09. The summed E-state index contributed by atoms with van der Waals surface area (Å²) in [5.41, 5.74) is 1.51. The normalized spacial score (nSPS) is 10.4. The lowest BCUT2D eigenvalue weighted by Gasteiger charge is -1.97. The molecule has 0 N–H and O–H groups in total. The van der Waals surface area contributed by atoms with E-state index < -0.39 is 0 Å². The highest BCUT2D eigenvalue weighted by Gasteiger charge is 1.96. The van der Waals surface area contributed by atoms with Crippen molar-refractivity contribution in [2.75, 3.05) is 0 Å². The van der Waals surface area contributed by atoms with Gasteiger partial charge >= 0.3 is 0 Å². The molecule has 0 aliphatic heterocycles. The molecule has 0 saturated heterocycles. The Kier molecular flexibility index (Phi) is 1.73. The predicted octanol–water partition coefficient (Wildman–Crippen LogP) is 1.08. The molecule has 1 aromatic carbocycles. The molecule has 2 nitrogen and oxygen atoms in total. The molecule has 12 heavy (non-hydrogen) atoms. The van der Waals surface area contributed by atoms with Crippen molar-refractivity contribution in [2.24, 2.45) is 0 Å². The van der Waals surface area contributed by atoms with E-state index in [1.54, 1.807) is 12.3 Å². The molecular weight excluding hydrogens is 170 g/mol. The fourth-order valence-electron chi connectivity index (χ4n) is 1.03. The summed E-state index contributed by atoms with van der Waals surface area (Å²) in [6.07, 6.45) is 1.65. The van der Waals surface area contributed by atoms with E-state index in [2.05, 4.69) is 9.97 Å². The zero-order chi connectivity index (χ0) is 8.55. The highest BCUT2D eigenvalue weighted by molar-refractivity contribution is 6.33. The second-order valence-corrected chi connectivity index (χ2v) is 2.80. The first kappa shape index (κ1) is 7.56. The topological polar surface area (TPSA) is 25.8 Å². The fourth-order valence-corrected chi connectivity index (χ4v) is 1.17. The molecule has 0 aliphatic rings. The predicted molar refractivity (Wildman–Crippen MR) is 49.9 cm³/mol. The Labute approximate surface area is 76.0 Å². The average molecular weight is 174 g/mol. The summed E-state index contributed by atoms with van der Waals surface area (Å²) in [6.45, 7) is 0. The van der Waals surface area contributed by atoms with Crippen molar-refractivity contribution in [3.8, 4) is 0 Å². The van der Waals surface area contributed by atoms with Gasteiger partial charge in [0.25, 0.3) is 0 Å². The van der Waals surface area contributed by atoms with Gasteiger partial charge < -0.3 is 0 Å². The molecule has 0 bridgehead atoms. The van der Waals surface area contributed by atoms with E-state index >= 15 is 0 Å². The Morgan fingerprint density at radius 2 is 2.17 bits per heavy atom. The minimum absolute atomic E-state index is 0.257. The summed E-state index contributed by atoms with van der Waals surface area (Å²) in [5.74, 6) is 0. The van der Waals surface area contributed by atoms with E-state index in [0.717, 1.165) is 10.9 Å². The van der Waals surface area contributed by atoms with Crippen molar-refractivity contribution < 1.29 is 0 Å². The van der Waals surface area contributed by atoms with Gasteiger partial charge in [-0.3, -0.25) is 0 Å². The second-order valence-electron chi connectivity index (χ2n) is 2.46. The van der Waals surface area contributed by atoms with Crippen molar-refractivity contribution in [3.63, 3.8) is 0 Å². The van der Waals surface area contributed by atoms with Crippen LogP contribution >= 0.6 is 11.6 Å². The standard InChI is InChI=1S/C8H4BClN2/c9-6-1-2-7-5(3-6)4-11-8(10)12-7/h1-4H. The first-order valence-corrected chi connectivity index (χ1v) is 3.81. The SMILES string of the molecule is [B]c1ccc2nc(Cl)ncc2c1. The van der Waals surface area contributed by atoms with Crippen LogP contribution in [0.5, 0.6) is 0 Å². The third kappa shape index (κ3) is 1.28. The van der Waals surface area contributed by atoms with Crippen LogP contribution in [0.2, 0.25) is 5.28 Å². The number of benzene rings is 1. The van der Waals surface area contributed by atoms with E-state index in [9.17, 15) is 0 Å². The summed E-state index contributed by atoms with van der Waals surface area (Å²) < 4.78 is 0. The first-order valence-electron chi connectivity index (χ1n) is 3.43. The highest BCUT2D eigenvalue weighted by Crippen LogP contribution is 2.10. The Balaban J connectivity index is 2.79. The van der Waals surface area contributed by atoms with Gasteiger partial charge in [-0.1, -0.05) is 17.6 Å². The summed E-state index contributed by atoms with van der Waals surface area (Å²) in [4.78, 5) is 7.86. The van der Waals surface area contributed by atoms with Crippen molar-refractivity contribution in [1.82, 2.24) is 9.97 Å². The summed E-state index contributed by atoms with van der Waals surface area (Å²) >= 11 is 5.60. The molecule has 0 aliphatic carbocycles. The monoisotopic (exact) mass is 174 g/mol. The van der Waals surface area contributed by atoms with Crippen molar-refractivity contribution >= 4 is 35.8 Å². The molecule has 2 rings (SSSR count). The Morgan fingerprint density at radius 3 is 3.00 bits per heavy atom. The Morgan fingerprint density at radius 1 is 1.33 bits per heavy atom. The quantitative estimate of drug-likeness (QED) is 0.441. The number of fused-ring (bicyclic) bond motifs is 1. The first-order chi connectivity index (χ1) is 5.75. The zero-order valence-corrected chi connectivity index (χ0v) is 6.92. The largest absolute Gasteiger partial charge is 0.226 e. The van der Waals surface area contributed by atoms with Crippen LogP contribution in [-0.2, 0) is 0 Å². The van der Waals surface area contributed by atoms with Crippen molar-refractivity contribution in [1.29, 1.82) is 0 Å². The molecule has 0 saturated carbocycles. The van der Waals surface area contributed by atoms with Crippen molar-refractivity contribution in [3.05, 3.63) is 29.7 Å². The third-order valence-corrected chi connectivity index (χ3v) is 1.76. The number of hydrogen-bond donors (Lipinski definition) is 0. The summed E-state index contributed by atoms with van der Waals surface area (Å²) in [5, 5.41) is 1.16. The molecule has 1 heterocycles. The lowest BCUT2D eigenvalue weighted by atomic mass is 9.95. The lowest BCUT2D eigenvalue weighted by molar-refractivity contribution is 1.22. The van der Waals surface area contributed by atoms with Crippen LogP contribution in [0, 0.1) is 0 Å². The van der Waals surface area contributed by atoms with Crippen LogP contribution in [-0.4, -0.2) is 17.8 Å². The lowest BCUT2D eigenvalue weighted by Crippen LogP contribution is -2.00. The molecule has 0 unspecified atom stereocenters. The number of rotatable bonds is 0. The minimum Gasteiger partial charge on any atom is -0.226 e. The van der Waals surface area contributed by atoms with Crippen molar-refractivity contribution in [2.45, 2.75) is 0 Å². The van der Waals surface area contributed by atoms with E-state index in [1.165, 1.54) is 0 Å². The van der Waals surface area contributed by atoms with Gasteiger partial charge in [-0.2, -0.15) is 0 Å². The van der Waals surface area contributed by atoms with Gasteiger partial charge in [0.1, 0.15) is 7.85 Å². The zero-order valence-electron chi connectivity index (χ0n) is 6.16. The van der Waals surface area contributed by atoms with Crippen LogP contribution in [0.1, 0.15) is 0 Å². The molecule has 0 spiro atoms. The van der Waals surface area contributed by atoms with Gasteiger partial charge in [0.15, 0.2) is 0 Å². The maximum absolute atomic E-state index is 5.60. The third-order valence-electron chi connectivity index (χ3n) is 1.57. The summed E-state index contributed by atoms with van der Waals surface area (Å²) in [7, 11) is 5.57. The maximum Gasteiger partial charge on any atom is 0.222 e. The van der Waals surface area contributed by atoms with Gasteiger partial charge in [0.05, 0.1) is 5.52 Å². The van der Waals surface area contributed by atoms with Gasteiger partial charge in [0, 0.05) is 11.6 Å². The van der Waals surface area contributed by atoms with Gasteiger partial charge in [-0.25, -0.2) is 9.97 Å². The van der Waals surface area contributed by atoms with Crippen LogP contribution in [0.4, 0.5) is 0 Å². The minimum atomic E-state index is 0.257. The number of nitrogens with zero attached hydrogens (tertiary/aromatic N) is 2. The average Bonchev–Trinajstić information content (AvgIpc) is 2.05. The second kappa shape index (κ2) is 2.75. The van der Waals surface area contributed by atoms with E-state index in [0.29, 0.717) is 5.46 Å². The van der Waals surface area contributed by atoms with E-state index in [1.807, 2.05) is 12.1 Å². The van der Waals surface area contributed by atoms with Gasteiger partial charge in [-0.15, -0.1) is 0 Å². The van der Waals surface area contributed by atoms with Gasteiger partial charge in [-0.05, 0) is 17.7 Å². The summed E-state index contributed by atoms with van der Waals surface area (Å²) in [6, 6.07) is 5.41. The van der Waals surface area contributed by atoms with Crippen LogP contribution in [0.15, 0.2) is 24.4 Å². The fraction of sp³-hybridized carbons (Fsp3) is 0. The molecule has 0 atom stereocenters. The van der Waals surface area contributed by atoms with Crippen LogP contribution < -0.4 is 5.46 Å². The smallest absolute Gasteiger partial charge is 0.222 e. The Bertz CT molecular complexity index is 389.